The molecule has 0 amide bonds. The summed E-state index contributed by atoms with van der Waals surface area (Å²) < 4.78 is 37.9. The van der Waals surface area contributed by atoms with E-state index in [2.05, 4.69) is 4.98 Å². The van der Waals surface area contributed by atoms with E-state index >= 15 is 0 Å². The molecule has 1 aromatic rings. The second kappa shape index (κ2) is 4.35. The Balaban J connectivity index is 3.12. The number of carboxylic acids is 1. The SMILES string of the molecule is CC(C)(Cc1ncccc1C(F)(F)F)C(=O)O. The van der Waals surface area contributed by atoms with Crippen LogP contribution in [0.25, 0.3) is 0 Å². The van der Waals surface area contributed by atoms with E-state index in [-0.39, 0.29) is 12.1 Å². The number of aliphatic carboxylic acids is 1. The molecule has 0 aromatic carbocycles. The minimum absolute atomic E-state index is 0.243. The lowest BCUT2D eigenvalue weighted by Gasteiger charge is -2.20. The fraction of sp³-hybridized carbons (Fsp3) is 0.455. The van der Waals surface area contributed by atoms with E-state index in [1.54, 1.807) is 0 Å². The van der Waals surface area contributed by atoms with Crippen molar-refractivity contribution < 1.29 is 23.1 Å². The summed E-state index contributed by atoms with van der Waals surface area (Å²) in [4.78, 5) is 14.5. The van der Waals surface area contributed by atoms with Crippen LogP contribution in [0, 0.1) is 5.41 Å². The molecule has 0 radical (unpaired) electrons. The third kappa shape index (κ3) is 3.18. The Bertz CT molecular complexity index is 427. The second-order valence-electron chi connectivity index (χ2n) is 4.36. The summed E-state index contributed by atoms with van der Waals surface area (Å²) in [5.41, 5.74) is -2.41. The van der Waals surface area contributed by atoms with E-state index < -0.39 is 23.1 Å². The molecule has 0 aliphatic carbocycles. The van der Waals surface area contributed by atoms with Crippen LogP contribution in [0.1, 0.15) is 25.1 Å². The smallest absolute Gasteiger partial charge is 0.418 e. The molecule has 0 fully saturated rings. The fourth-order valence-corrected chi connectivity index (χ4v) is 1.33. The van der Waals surface area contributed by atoms with Crippen molar-refractivity contribution in [2.45, 2.75) is 26.4 Å². The number of hydrogen-bond acceptors (Lipinski definition) is 2. The summed E-state index contributed by atoms with van der Waals surface area (Å²) in [6.07, 6.45) is -3.56. The first kappa shape index (κ1) is 13.5. The minimum Gasteiger partial charge on any atom is -0.481 e. The lowest BCUT2D eigenvalue weighted by Crippen LogP contribution is -2.28. The molecule has 0 saturated heterocycles. The van der Waals surface area contributed by atoms with Gasteiger partial charge in [-0.3, -0.25) is 9.78 Å². The number of hydrogen-bond donors (Lipinski definition) is 1. The van der Waals surface area contributed by atoms with Crippen LogP contribution in [-0.2, 0) is 17.4 Å². The van der Waals surface area contributed by atoms with E-state index in [4.69, 9.17) is 5.11 Å². The van der Waals surface area contributed by atoms with E-state index in [0.29, 0.717) is 0 Å². The molecule has 0 saturated carbocycles. The molecule has 1 heterocycles. The number of pyridine rings is 1. The van der Waals surface area contributed by atoms with Crippen molar-refractivity contribution in [2.24, 2.45) is 5.41 Å². The fourth-order valence-electron chi connectivity index (χ4n) is 1.33. The molecule has 1 aromatic heterocycles. The third-order valence-electron chi connectivity index (χ3n) is 2.38. The van der Waals surface area contributed by atoms with Crippen LogP contribution in [-0.4, -0.2) is 16.1 Å². The molecule has 0 bridgehead atoms. The van der Waals surface area contributed by atoms with Crippen LogP contribution in [0.4, 0.5) is 13.2 Å². The molecule has 0 atom stereocenters. The standard InChI is InChI=1S/C11H12F3NO2/c1-10(2,9(16)17)6-8-7(11(12,13)14)4-3-5-15-8/h3-5H,6H2,1-2H3,(H,16,17). The molecule has 3 nitrogen and oxygen atoms in total. The maximum absolute atomic E-state index is 12.6. The molecule has 0 aliphatic rings. The monoisotopic (exact) mass is 247 g/mol. The number of aromatic nitrogens is 1. The first-order chi connectivity index (χ1) is 7.64. The lowest BCUT2D eigenvalue weighted by atomic mass is 9.86. The number of rotatable bonds is 3. The average molecular weight is 247 g/mol. The molecule has 0 unspecified atom stereocenters. The highest BCUT2D eigenvalue weighted by Crippen LogP contribution is 2.33. The summed E-state index contributed by atoms with van der Waals surface area (Å²) in [6, 6.07) is 2.08. The van der Waals surface area contributed by atoms with Gasteiger partial charge in [0.1, 0.15) is 0 Å². The summed E-state index contributed by atoms with van der Waals surface area (Å²) >= 11 is 0. The highest BCUT2D eigenvalue weighted by molar-refractivity contribution is 5.74. The molecule has 1 N–H and O–H groups in total. The molecule has 6 heteroatoms. The topological polar surface area (TPSA) is 50.2 Å². The first-order valence-corrected chi connectivity index (χ1v) is 4.89. The van der Waals surface area contributed by atoms with Gasteiger partial charge in [0, 0.05) is 12.6 Å². The Labute approximate surface area is 96.3 Å². The number of halogens is 3. The summed E-state index contributed by atoms with van der Waals surface area (Å²) in [7, 11) is 0. The van der Waals surface area contributed by atoms with Crippen molar-refractivity contribution in [1.29, 1.82) is 0 Å². The highest BCUT2D eigenvalue weighted by atomic mass is 19.4. The van der Waals surface area contributed by atoms with Gasteiger partial charge in [-0.25, -0.2) is 0 Å². The normalized spacial score (nSPS) is 12.5. The predicted octanol–water partition coefficient (Wildman–Crippen LogP) is 2.75. The van der Waals surface area contributed by atoms with Gasteiger partial charge in [0.25, 0.3) is 0 Å². The predicted molar refractivity (Wildman–Crippen MR) is 54.4 cm³/mol. The largest absolute Gasteiger partial charge is 0.481 e. The van der Waals surface area contributed by atoms with Crippen molar-refractivity contribution in [3.05, 3.63) is 29.6 Å². The maximum Gasteiger partial charge on any atom is 0.418 e. The van der Waals surface area contributed by atoms with Crippen molar-refractivity contribution in [3.8, 4) is 0 Å². The van der Waals surface area contributed by atoms with Gasteiger partial charge in [0.05, 0.1) is 16.7 Å². The van der Waals surface area contributed by atoms with Crippen molar-refractivity contribution in [1.82, 2.24) is 4.98 Å². The van der Waals surface area contributed by atoms with Crippen molar-refractivity contribution in [3.63, 3.8) is 0 Å². The maximum atomic E-state index is 12.6. The second-order valence-corrected chi connectivity index (χ2v) is 4.36. The highest BCUT2D eigenvalue weighted by Gasteiger charge is 2.37. The number of nitrogens with zero attached hydrogens (tertiary/aromatic N) is 1. The molecular weight excluding hydrogens is 235 g/mol. The summed E-state index contributed by atoms with van der Waals surface area (Å²) in [5.74, 6) is -1.16. The number of carbonyl (C=O) groups is 1. The minimum atomic E-state index is -4.52. The number of alkyl halides is 3. The van der Waals surface area contributed by atoms with Crippen LogP contribution < -0.4 is 0 Å². The molecule has 94 valence electrons. The zero-order valence-electron chi connectivity index (χ0n) is 9.38. The Kier molecular flexibility index (Phi) is 3.45. The van der Waals surface area contributed by atoms with Gasteiger partial charge in [-0.05, 0) is 26.0 Å². The Morgan fingerprint density at radius 1 is 1.41 bits per heavy atom. The van der Waals surface area contributed by atoms with Gasteiger partial charge in [-0.2, -0.15) is 13.2 Å². The molecule has 17 heavy (non-hydrogen) atoms. The first-order valence-electron chi connectivity index (χ1n) is 4.89. The summed E-state index contributed by atoms with van der Waals surface area (Å²) in [6.45, 7) is 2.73. The van der Waals surface area contributed by atoms with Gasteiger partial charge in [-0.1, -0.05) is 0 Å². The van der Waals surface area contributed by atoms with E-state index in [9.17, 15) is 18.0 Å². The van der Waals surface area contributed by atoms with Gasteiger partial charge in [-0.15, -0.1) is 0 Å². The summed E-state index contributed by atoms with van der Waals surface area (Å²) in [5, 5.41) is 8.89. The quantitative estimate of drug-likeness (QED) is 0.893. The van der Waals surface area contributed by atoms with Gasteiger partial charge < -0.3 is 5.11 Å². The average Bonchev–Trinajstić information content (AvgIpc) is 2.15. The van der Waals surface area contributed by atoms with Crippen molar-refractivity contribution in [2.75, 3.05) is 0 Å². The van der Waals surface area contributed by atoms with Crippen LogP contribution in [0.3, 0.4) is 0 Å². The van der Waals surface area contributed by atoms with E-state index in [0.717, 1.165) is 6.07 Å². The molecular formula is C11H12F3NO2. The zero-order chi connectivity index (χ0) is 13.3. The molecule has 0 spiro atoms. The van der Waals surface area contributed by atoms with E-state index in [1.165, 1.54) is 26.1 Å². The molecule has 1 rings (SSSR count). The molecule has 0 aliphatic heterocycles. The number of carboxylic acid groups (broad SMARTS) is 1. The van der Waals surface area contributed by atoms with Gasteiger partial charge in [0.2, 0.25) is 0 Å². The third-order valence-corrected chi connectivity index (χ3v) is 2.38. The lowest BCUT2D eigenvalue weighted by molar-refractivity contribution is -0.148. The van der Waals surface area contributed by atoms with Gasteiger partial charge in [0.15, 0.2) is 0 Å². The Morgan fingerprint density at radius 2 is 2.00 bits per heavy atom. The van der Waals surface area contributed by atoms with Crippen LogP contribution >= 0.6 is 0 Å². The van der Waals surface area contributed by atoms with Gasteiger partial charge >= 0.3 is 12.1 Å². The zero-order valence-corrected chi connectivity index (χ0v) is 9.38. The van der Waals surface area contributed by atoms with Crippen LogP contribution in [0.5, 0.6) is 0 Å². The Morgan fingerprint density at radius 3 is 2.47 bits per heavy atom. The Hall–Kier alpha value is -1.59. The van der Waals surface area contributed by atoms with Crippen LogP contribution in [0.2, 0.25) is 0 Å². The van der Waals surface area contributed by atoms with Crippen LogP contribution in [0.15, 0.2) is 18.3 Å². The van der Waals surface area contributed by atoms with E-state index in [1.807, 2.05) is 0 Å². The van der Waals surface area contributed by atoms with Crippen molar-refractivity contribution >= 4 is 5.97 Å².